The molecule has 1 amide bonds. The number of para-hydroxylation sites is 2. The van der Waals surface area contributed by atoms with Crippen molar-refractivity contribution < 1.29 is 18.0 Å². The summed E-state index contributed by atoms with van der Waals surface area (Å²) in [5, 5.41) is 2.93. The van der Waals surface area contributed by atoms with Gasteiger partial charge in [-0.05, 0) is 24.3 Å². The standard InChI is InChI=1S/C24H18F3N3OS/c25-24(26,27)19-13-7-8-14-20(19)29-22(31)16-32-23-28-15-21(17-9-3-1-4-10-17)30(23)18-11-5-2-6-12-18/h1-15H,16H2,(H,29,31). The lowest BCUT2D eigenvalue weighted by Crippen LogP contribution is -2.18. The third kappa shape index (κ3) is 4.86. The predicted molar refractivity (Wildman–Crippen MR) is 120 cm³/mol. The molecule has 8 heteroatoms. The molecule has 1 N–H and O–H groups in total. The van der Waals surface area contributed by atoms with Crippen LogP contribution in [-0.4, -0.2) is 21.2 Å². The minimum atomic E-state index is -4.55. The first-order valence-corrected chi connectivity index (χ1v) is 10.7. The largest absolute Gasteiger partial charge is 0.418 e. The van der Waals surface area contributed by atoms with Crippen LogP contribution >= 0.6 is 11.8 Å². The molecule has 0 saturated heterocycles. The van der Waals surface area contributed by atoms with Crippen LogP contribution < -0.4 is 5.32 Å². The maximum atomic E-state index is 13.2. The molecule has 3 aromatic carbocycles. The third-order valence-corrected chi connectivity index (χ3v) is 5.61. The Morgan fingerprint density at radius 1 is 0.906 bits per heavy atom. The van der Waals surface area contributed by atoms with E-state index in [9.17, 15) is 18.0 Å². The van der Waals surface area contributed by atoms with Gasteiger partial charge in [-0.1, -0.05) is 72.4 Å². The number of aromatic nitrogens is 2. The van der Waals surface area contributed by atoms with Gasteiger partial charge in [0.05, 0.1) is 28.9 Å². The summed E-state index contributed by atoms with van der Waals surface area (Å²) in [4.78, 5) is 16.9. The maximum absolute atomic E-state index is 13.2. The molecule has 0 radical (unpaired) electrons. The summed E-state index contributed by atoms with van der Waals surface area (Å²) < 4.78 is 41.5. The van der Waals surface area contributed by atoms with Crippen molar-refractivity contribution in [2.45, 2.75) is 11.3 Å². The first-order chi connectivity index (χ1) is 15.4. The molecule has 0 aliphatic heterocycles. The van der Waals surface area contributed by atoms with E-state index in [4.69, 9.17) is 0 Å². The molecule has 0 aliphatic rings. The molecule has 0 unspecified atom stereocenters. The molecule has 162 valence electrons. The Kier molecular flexibility index (Phi) is 6.32. The molecule has 4 rings (SSSR count). The summed E-state index contributed by atoms with van der Waals surface area (Å²) in [6.45, 7) is 0. The van der Waals surface area contributed by atoms with Gasteiger partial charge in [-0.2, -0.15) is 13.2 Å². The second kappa shape index (κ2) is 9.32. The molecular weight excluding hydrogens is 435 g/mol. The molecule has 1 heterocycles. The number of carbonyl (C=O) groups is 1. The summed E-state index contributed by atoms with van der Waals surface area (Å²) in [6.07, 6.45) is -2.83. The van der Waals surface area contributed by atoms with E-state index < -0.39 is 17.6 Å². The first-order valence-electron chi connectivity index (χ1n) is 9.71. The van der Waals surface area contributed by atoms with Gasteiger partial charge in [0.2, 0.25) is 5.91 Å². The number of nitrogens with zero attached hydrogens (tertiary/aromatic N) is 2. The number of imidazole rings is 1. The van der Waals surface area contributed by atoms with Crippen LogP contribution in [0.25, 0.3) is 16.9 Å². The zero-order chi connectivity index (χ0) is 22.6. The van der Waals surface area contributed by atoms with Crippen molar-refractivity contribution in [3.05, 3.63) is 96.7 Å². The fraction of sp³-hybridized carbons (Fsp3) is 0.0833. The molecule has 0 fully saturated rings. The van der Waals surface area contributed by atoms with Crippen molar-refractivity contribution in [2.75, 3.05) is 11.1 Å². The van der Waals surface area contributed by atoms with E-state index in [1.165, 1.54) is 18.2 Å². The number of anilines is 1. The Bertz CT molecular complexity index is 1210. The molecule has 1 aromatic heterocycles. The van der Waals surface area contributed by atoms with Crippen molar-refractivity contribution >= 4 is 23.4 Å². The minimum Gasteiger partial charge on any atom is -0.325 e. The average molecular weight is 453 g/mol. The van der Waals surface area contributed by atoms with E-state index >= 15 is 0 Å². The molecule has 4 nitrogen and oxygen atoms in total. The number of alkyl halides is 3. The fourth-order valence-electron chi connectivity index (χ4n) is 3.23. The smallest absolute Gasteiger partial charge is 0.325 e. The normalized spacial score (nSPS) is 11.3. The number of hydrogen-bond donors (Lipinski definition) is 1. The van der Waals surface area contributed by atoms with Gasteiger partial charge in [0.1, 0.15) is 0 Å². The van der Waals surface area contributed by atoms with Gasteiger partial charge in [0.25, 0.3) is 0 Å². The number of rotatable bonds is 6. The van der Waals surface area contributed by atoms with Crippen molar-refractivity contribution in [3.63, 3.8) is 0 Å². The Balaban J connectivity index is 1.57. The highest BCUT2D eigenvalue weighted by Gasteiger charge is 2.33. The highest BCUT2D eigenvalue weighted by atomic mass is 32.2. The number of benzene rings is 3. The SMILES string of the molecule is O=C(CSc1ncc(-c2ccccc2)n1-c1ccccc1)Nc1ccccc1C(F)(F)F. The minimum absolute atomic E-state index is 0.0930. The van der Waals surface area contributed by atoms with Crippen LogP contribution in [0, 0.1) is 0 Å². The Morgan fingerprint density at radius 2 is 1.53 bits per heavy atom. The van der Waals surface area contributed by atoms with E-state index in [1.807, 2.05) is 65.2 Å². The summed E-state index contributed by atoms with van der Waals surface area (Å²) in [5.74, 6) is -0.639. The average Bonchev–Trinajstić information content (AvgIpc) is 3.22. The van der Waals surface area contributed by atoms with Crippen molar-refractivity contribution in [2.24, 2.45) is 0 Å². The zero-order valence-corrected chi connectivity index (χ0v) is 17.5. The van der Waals surface area contributed by atoms with Gasteiger partial charge in [-0.25, -0.2) is 4.98 Å². The van der Waals surface area contributed by atoms with Crippen LogP contribution in [0.5, 0.6) is 0 Å². The first kappa shape index (κ1) is 21.7. The zero-order valence-electron chi connectivity index (χ0n) is 16.7. The molecule has 0 spiro atoms. The van der Waals surface area contributed by atoms with Gasteiger partial charge in [-0.3, -0.25) is 9.36 Å². The number of hydrogen-bond acceptors (Lipinski definition) is 3. The number of carbonyl (C=O) groups excluding carboxylic acids is 1. The van der Waals surface area contributed by atoms with E-state index in [0.29, 0.717) is 5.16 Å². The van der Waals surface area contributed by atoms with Crippen LogP contribution in [-0.2, 0) is 11.0 Å². The van der Waals surface area contributed by atoms with Gasteiger partial charge in [-0.15, -0.1) is 0 Å². The monoisotopic (exact) mass is 453 g/mol. The molecule has 0 atom stereocenters. The Morgan fingerprint density at radius 3 is 2.22 bits per heavy atom. The van der Waals surface area contributed by atoms with Crippen molar-refractivity contribution in [1.29, 1.82) is 0 Å². The summed E-state index contributed by atoms with van der Waals surface area (Å²) >= 11 is 1.16. The van der Waals surface area contributed by atoms with Gasteiger partial charge >= 0.3 is 6.18 Å². The van der Waals surface area contributed by atoms with E-state index in [2.05, 4.69) is 10.3 Å². The van der Waals surface area contributed by atoms with Crippen LogP contribution in [0.2, 0.25) is 0 Å². The number of thioether (sulfide) groups is 1. The van der Waals surface area contributed by atoms with Crippen LogP contribution in [0.1, 0.15) is 5.56 Å². The maximum Gasteiger partial charge on any atom is 0.418 e. The molecule has 32 heavy (non-hydrogen) atoms. The van der Waals surface area contributed by atoms with Gasteiger partial charge < -0.3 is 5.32 Å². The summed E-state index contributed by atoms with van der Waals surface area (Å²) in [6, 6.07) is 24.2. The summed E-state index contributed by atoms with van der Waals surface area (Å²) in [5.41, 5.74) is 1.54. The highest BCUT2D eigenvalue weighted by molar-refractivity contribution is 7.99. The second-order valence-corrected chi connectivity index (χ2v) is 7.79. The van der Waals surface area contributed by atoms with Crippen LogP contribution in [0.4, 0.5) is 18.9 Å². The Labute approximate surface area is 187 Å². The van der Waals surface area contributed by atoms with Gasteiger partial charge in [0, 0.05) is 11.3 Å². The quantitative estimate of drug-likeness (QED) is 0.349. The second-order valence-electron chi connectivity index (χ2n) is 6.84. The predicted octanol–water partition coefficient (Wildman–Crippen LogP) is 6.29. The molecule has 0 aliphatic carbocycles. The lowest BCUT2D eigenvalue weighted by molar-refractivity contribution is -0.137. The Hall–Kier alpha value is -3.52. The number of amides is 1. The number of halogens is 3. The highest BCUT2D eigenvalue weighted by Crippen LogP contribution is 2.35. The molecule has 0 saturated carbocycles. The summed E-state index contributed by atoms with van der Waals surface area (Å²) in [7, 11) is 0. The molecular formula is C24H18F3N3OS. The topological polar surface area (TPSA) is 46.9 Å². The van der Waals surface area contributed by atoms with Crippen molar-refractivity contribution in [1.82, 2.24) is 9.55 Å². The van der Waals surface area contributed by atoms with Crippen LogP contribution in [0.15, 0.2) is 96.3 Å². The van der Waals surface area contributed by atoms with E-state index in [1.54, 1.807) is 6.20 Å². The fourth-order valence-corrected chi connectivity index (χ4v) is 4.02. The van der Waals surface area contributed by atoms with Gasteiger partial charge in [0.15, 0.2) is 5.16 Å². The van der Waals surface area contributed by atoms with E-state index in [-0.39, 0.29) is 11.4 Å². The number of nitrogens with one attached hydrogen (secondary N) is 1. The van der Waals surface area contributed by atoms with Crippen molar-refractivity contribution in [3.8, 4) is 16.9 Å². The van der Waals surface area contributed by atoms with E-state index in [0.717, 1.165) is 34.8 Å². The lowest BCUT2D eigenvalue weighted by Gasteiger charge is -2.14. The lowest BCUT2D eigenvalue weighted by atomic mass is 10.1. The molecule has 4 aromatic rings. The van der Waals surface area contributed by atoms with Crippen LogP contribution in [0.3, 0.4) is 0 Å². The third-order valence-electron chi connectivity index (χ3n) is 4.65. The molecule has 0 bridgehead atoms.